The molecule has 0 aromatic carbocycles. The van der Waals surface area contributed by atoms with E-state index in [1.807, 2.05) is 25.3 Å². The molecule has 0 bridgehead atoms. The predicted octanol–water partition coefficient (Wildman–Crippen LogP) is 6.58. The summed E-state index contributed by atoms with van der Waals surface area (Å²) in [6.07, 6.45) is 23.5. The Morgan fingerprint density at radius 1 is 1.04 bits per heavy atom. The van der Waals surface area contributed by atoms with Gasteiger partial charge in [-0.05, 0) is 69.1 Å². The molecule has 0 N–H and O–H groups in total. The van der Waals surface area contributed by atoms with Gasteiger partial charge in [0.25, 0.3) is 0 Å². The molecule has 0 aromatic rings. The van der Waals surface area contributed by atoms with Crippen molar-refractivity contribution >= 4 is 0 Å². The summed E-state index contributed by atoms with van der Waals surface area (Å²) in [5.41, 5.74) is 0.0964. The van der Waals surface area contributed by atoms with Crippen molar-refractivity contribution < 1.29 is 4.74 Å². The molecule has 0 spiro atoms. The van der Waals surface area contributed by atoms with E-state index in [-0.39, 0.29) is 5.60 Å². The molecule has 2 nitrogen and oxygen atoms in total. The summed E-state index contributed by atoms with van der Waals surface area (Å²) < 4.78 is 5.99. The molecule has 0 amide bonds. The van der Waals surface area contributed by atoms with Gasteiger partial charge in [0.1, 0.15) is 0 Å². The van der Waals surface area contributed by atoms with E-state index >= 15 is 0 Å². The molecular weight excluding hydrogens is 306 g/mol. The minimum absolute atomic E-state index is 0.0964. The third-order valence-corrected chi connectivity index (χ3v) is 6.81. The van der Waals surface area contributed by atoms with E-state index in [1.165, 1.54) is 70.3 Å². The standard InChI is InChI=1S/C23H37NO/c1-3-9-20-10-12-21(13-11-20)22-14-17-23(25-2,18-15-22)16-7-5-4-6-8-19-24/h4-6,8,20-22H,3,7,9-18H2,1-2H3. The van der Waals surface area contributed by atoms with Crippen LogP contribution in [0.4, 0.5) is 0 Å². The van der Waals surface area contributed by atoms with E-state index in [4.69, 9.17) is 10.00 Å². The third-order valence-electron chi connectivity index (χ3n) is 6.81. The monoisotopic (exact) mass is 343 g/mol. The quantitative estimate of drug-likeness (QED) is 0.368. The fraction of sp³-hybridized carbons (Fsp3) is 0.783. The number of hydrogen-bond acceptors (Lipinski definition) is 2. The van der Waals surface area contributed by atoms with Crippen molar-refractivity contribution in [3.8, 4) is 6.07 Å². The summed E-state index contributed by atoms with van der Waals surface area (Å²) >= 11 is 0. The minimum atomic E-state index is 0.0964. The molecule has 0 heterocycles. The van der Waals surface area contributed by atoms with Crippen molar-refractivity contribution in [2.24, 2.45) is 17.8 Å². The maximum absolute atomic E-state index is 8.49. The summed E-state index contributed by atoms with van der Waals surface area (Å²) in [4.78, 5) is 0. The van der Waals surface area contributed by atoms with E-state index < -0.39 is 0 Å². The highest BCUT2D eigenvalue weighted by molar-refractivity contribution is 5.11. The highest BCUT2D eigenvalue weighted by Crippen LogP contribution is 2.45. The van der Waals surface area contributed by atoms with Gasteiger partial charge < -0.3 is 4.74 Å². The van der Waals surface area contributed by atoms with Gasteiger partial charge in [-0.3, -0.25) is 0 Å². The van der Waals surface area contributed by atoms with Crippen molar-refractivity contribution in [1.29, 1.82) is 5.26 Å². The van der Waals surface area contributed by atoms with Crippen LogP contribution in [0.3, 0.4) is 0 Å². The topological polar surface area (TPSA) is 33.0 Å². The smallest absolute Gasteiger partial charge is 0.0912 e. The third kappa shape index (κ3) is 6.30. The molecule has 0 atom stereocenters. The first kappa shape index (κ1) is 20.2. The number of rotatable bonds is 8. The fourth-order valence-corrected chi connectivity index (χ4v) is 5.17. The second kappa shape index (κ2) is 10.8. The average Bonchev–Trinajstić information content (AvgIpc) is 2.66. The summed E-state index contributed by atoms with van der Waals surface area (Å²) in [7, 11) is 1.90. The van der Waals surface area contributed by atoms with Crippen LogP contribution in [0.5, 0.6) is 0 Å². The zero-order valence-corrected chi connectivity index (χ0v) is 16.4. The lowest BCUT2D eigenvalue weighted by Crippen LogP contribution is -2.38. The van der Waals surface area contributed by atoms with Crippen LogP contribution >= 0.6 is 0 Å². The molecule has 0 unspecified atom stereocenters. The highest BCUT2D eigenvalue weighted by atomic mass is 16.5. The number of nitriles is 1. The number of allylic oxidation sites excluding steroid dienone is 4. The molecule has 0 aliphatic heterocycles. The van der Waals surface area contributed by atoms with Crippen LogP contribution in [0.2, 0.25) is 0 Å². The Kier molecular flexibility index (Phi) is 8.76. The molecule has 25 heavy (non-hydrogen) atoms. The fourth-order valence-electron chi connectivity index (χ4n) is 5.17. The maximum atomic E-state index is 8.49. The van der Waals surface area contributed by atoms with Gasteiger partial charge >= 0.3 is 0 Å². The number of nitrogens with zero attached hydrogens (tertiary/aromatic N) is 1. The van der Waals surface area contributed by atoms with Crippen LogP contribution in [0.1, 0.15) is 84.0 Å². The van der Waals surface area contributed by atoms with E-state index in [9.17, 15) is 0 Å². The first-order valence-electron chi connectivity index (χ1n) is 10.5. The number of hydrogen-bond donors (Lipinski definition) is 0. The molecule has 2 aliphatic carbocycles. The molecule has 2 fully saturated rings. The van der Waals surface area contributed by atoms with E-state index in [0.29, 0.717) is 0 Å². The van der Waals surface area contributed by atoms with Crippen LogP contribution in [0.15, 0.2) is 24.3 Å². The van der Waals surface area contributed by atoms with Gasteiger partial charge in [-0.25, -0.2) is 0 Å². The van der Waals surface area contributed by atoms with Crippen molar-refractivity contribution in [2.75, 3.05) is 7.11 Å². The molecule has 2 aliphatic rings. The molecule has 140 valence electrons. The molecule has 2 heteroatoms. The zero-order valence-electron chi connectivity index (χ0n) is 16.4. The Hall–Kier alpha value is -1.07. The summed E-state index contributed by atoms with van der Waals surface area (Å²) in [5, 5.41) is 8.49. The predicted molar refractivity (Wildman–Crippen MR) is 105 cm³/mol. The summed E-state index contributed by atoms with van der Waals surface area (Å²) in [6, 6.07) is 2.02. The Morgan fingerprint density at radius 2 is 1.72 bits per heavy atom. The Bertz CT molecular complexity index is 457. The SMILES string of the molecule is CCCC1CCC(C2CCC(CCC=CC=CC#N)(OC)CC2)CC1. The van der Waals surface area contributed by atoms with E-state index in [0.717, 1.165) is 30.6 Å². The van der Waals surface area contributed by atoms with Crippen LogP contribution < -0.4 is 0 Å². The Morgan fingerprint density at radius 3 is 2.32 bits per heavy atom. The molecule has 0 saturated heterocycles. The average molecular weight is 344 g/mol. The van der Waals surface area contributed by atoms with Crippen molar-refractivity contribution in [1.82, 2.24) is 0 Å². The van der Waals surface area contributed by atoms with Crippen molar-refractivity contribution in [2.45, 2.75) is 89.6 Å². The van der Waals surface area contributed by atoms with Gasteiger partial charge in [-0.2, -0.15) is 5.26 Å². The van der Waals surface area contributed by atoms with Gasteiger partial charge in [0.15, 0.2) is 0 Å². The van der Waals surface area contributed by atoms with Gasteiger partial charge in [0.2, 0.25) is 0 Å². The molecule has 2 saturated carbocycles. The van der Waals surface area contributed by atoms with E-state index in [2.05, 4.69) is 13.0 Å². The number of methoxy groups -OCH3 is 1. The van der Waals surface area contributed by atoms with Crippen LogP contribution in [0, 0.1) is 29.1 Å². The lowest BCUT2D eigenvalue weighted by atomic mass is 9.67. The van der Waals surface area contributed by atoms with Gasteiger partial charge in [0.05, 0.1) is 11.7 Å². The van der Waals surface area contributed by atoms with Crippen molar-refractivity contribution in [3.63, 3.8) is 0 Å². The van der Waals surface area contributed by atoms with Gasteiger partial charge in [0, 0.05) is 13.2 Å². The normalized spacial score (nSPS) is 33.7. The van der Waals surface area contributed by atoms with Crippen LogP contribution in [0.25, 0.3) is 0 Å². The molecule has 2 rings (SSSR count). The van der Waals surface area contributed by atoms with Gasteiger partial charge in [-0.1, -0.05) is 50.8 Å². The lowest BCUT2D eigenvalue weighted by molar-refractivity contribution is -0.0618. The number of ether oxygens (including phenoxy) is 1. The first-order chi connectivity index (χ1) is 12.2. The molecule has 0 aromatic heterocycles. The first-order valence-corrected chi connectivity index (χ1v) is 10.5. The summed E-state index contributed by atoms with van der Waals surface area (Å²) in [5.74, 6) is 2.95. The van der Waals surface area contributed by atoms with E-state index in [1.54, 1.807) is 0 Å². The second-order valence-electron chi connectivity index (χ2n) is 8.25. The largest absolute Gasteiger partial charge is 0.378 e. The Labute approximate surface area is 155 Å². The summed E-state index contributed by atoms with van der Waals surface area (Å²) in [6.45, 7) is 2.33. The maximum Gasteiger partial charge on any atom is 0.0912 e. The second-order valence-corrected chi connectivity index (χ2v) is 8.25. The van der Waals surface area contributed by atoms with Gasteiger partial charge in [-0.15, -0.1) is 0 Å². The molecule has 0 radical (unpaired) electrons. The van der Waals surface area contributed by atoms with Crippen LogP contribution in [-0.2, 0) is 4.74 Å². The lowest BCUT2D eigenvalue weighted by Gasteiger charge is -2.43. The Balaban J connectivity index is 1.74. The minimum Gasteiger partial charge on any atom is -0.378 e. The van der Waals surface area contributed by atoms with Crippen LogP contribution in [-0.4, -0.2) is 12.7 Å². The van der Waals surface area contributed by atoms with Crippen molar-refractivity contribution in [3.05, 3.63) is 24.3 Å². The molecular formula is C23H37NO. The highest BCUT2D eigenvalue weighted by Gasteiger charge is 2.37. The zero-order chi connectivity index (χ0) is 18.0.